The smallest absolute Gasteiger partial charge is 0.307 e. The van der Waals surface area contributed by atoms with Gasteiger partial charge in [-0.1, -0.05) is 12.1 Å². The van der Waals surface area contributed by atoms with E-state index in [4.69, 9.17) is 9.15 Å². The first-order chi connectivity index (χ1) is 19.4. The number of nitrogens with zero attached hydrogens (tertiary/aromatic N) is 2. The summed E-state index contributed by atoms with van der Waals surface area (Å²) in [6, 6.07) is 18.7. The molecule has 0 aliphatic heterocycles. The van der Waals surface area contributed by atoms with Gasteiger partial charge in [-0.2, -0.15) is 5.10 Å². The first kappa shape index (κ1) is 25.2. The van der Waals surface area contributed by atoms with Gasteiger partial charge >= 0.3 is 5.91 Å². The predicted molar refractivity (Wildman–Crippen MR) is 158 cm³/mol. The fourth-order valence-electron chi connectivity index (χ4n) is 8.35. The van der Waals surface area contributed by atoms with Crippen LogP contribution in [0.2, 0.25) is 0 Å². The molecule has 0 unspecified atom stereocenters. The van der Waals surface area contributed by atoms with Crippen molar-refractivity contribution in [2.75, 3.05) is 6.61 Å². The Morgan fingerprint density at radius 1 is 1.02 bits per heavy atom. The molecule has 6 heteroatoms. The number of nitrogens with one attached hydrogen (secondary N) is 1. The summed E-state index contributed by atoms with van der Waals surface area (Å²) in [7, 11) is 0. The third-order valence-electron chi connectivity index (χ3n) is 9.64. The van der Waals surface area contributed by atoms with Crippen molar-refractivity contribution >= 4 is 23.1 Å². The SMILES string of the molecule is CCOc1ccc2oc(C(=O)N/N=C/c3cc(C)n(-c4ccc(C56CC7CC(CC(C7)C5)C6)cc4)c3C)cc2c1. The van der Waals surface area contributed by atoms with Crippen LogP contribution in [0.3, 0.4) is 0 Å². The maximum Gasteiger partial charge on any atom is 0.307 e. The molecule has 4 fully saturated rings. The van der Waals surface area contributed by atoms with E-state index in [0.717, 1.165) is 45.8 Å². The second kappa shape index (κ2) is 9.69. The van der Waals surface area contributed by atoms with Crippen molar-refractivity contribution in [1.29, 1.82) is 0 Å². The topological polar surface area (TPSA) is 68.8 Å². The number of carbonyl (C=O) groups is 1. The van der Waals surface area contributed by atoms with E-state index in [1.165, 1.54) is 44.2 Å². The fourth-order valence-corrected chi connectivity index (χ4v) is 8.35. The lowest BCUT2D eigenvalue weighted by Gasteiger charge is -2.57. The van der Waals surface area contributed by atoms with Crippen LogP contribution in [0, 0.1) is 31.6 Å². The Morgan fingerprint density at radius 2 is 1.73 bits per heavy atom. The molecule has 4 bridgehead atoms. The summed E-state index contributed by atoms with van der Waals surface area (Å²) in [4.78, 5) is 12.7. The number of aromatic nitrogens is 1. The van der Waals surface area contributed by atoms with Gasteiger partial charge in [0.1, 0.15) is 11.3 Å². The zero-order valence-electron chi connectivity index (χ0n) is 23.6. The number of hydrogen-bond donors (Lipinski definition) is 1. The van der Waals surface area contributed by atoms with Crippen molar-refractivity contribution in [2.45, 2.75) is 64.7 Å². The lowest BCUT2D eigenvalue weighted by Crippen LogP contribution is -2.48. The highest BCUT2D eigenvalue weighted by atomic mass is 16.5. The molecule has 0 saturated heterocycles. The molecule has 4 aliphatic carbocycles. The summed E-state index contributed by atoms with van der Waals surface area (Å²) >= 11 is 0. The van der Waals surface area contributed by atoms with Gasteiger partial charge in [-0.05, 0) is 130 Å². The van der Waals surface area contributed by atoms with E-state index < -0.39 is 0 Å². The molecular formula is C34H37N3O3. The van der Waals surface area contributed by atoms with E-state index in [0.29, 0.717) is 17.6 Å². The van der Waals surface area contributed by atoms with Crippen LogP contribution in [0.15, 0.2) is 64.1 Å². The molecular weight excluding hydrogens is 498 g/mol. The van der Waals surface area contributed by atoms with Gasteiger partial charge in [-0.25, -0.2) is 5.43 Å². The Kier molecular flexibility index (Phi) is 6.10. The molecule has 2 aromatic heterocycles. The number of hydrazone groups is 1. The number of rotatable bonds is 7. The number of ether oxygens (including phenoxy) is 1. The van der Waals surface area contributed by atoms with Gasteiger partial charge < -0.3 is 13.7 Å². The van der Waals surface area contributed by atoms with Crippen LogP contribution in [-0.4, -0.2) is 23.3 Å². The number of aryl methyl sites for hydroxylation is 1. The van der Waals surface area contributed by atoms with Crippen molar-refractivity contribution in [3.63, 3.8) is 0 Å². The van der Waals surface area contributed by atoms with Crippen LogP contribution in [-0.2, 0) is 5.41 Å². The Hall–Kier alpha value is -3.80. The summed E-state index contributed by atoms with van der Waals surface area (Å²) in [6.45, 7) is 6.73. The molecule has 2 aromatic carbocycles. The van der Waals surface area contributed by atoms with E-state index in [1.807, 2.05) is 25.1 Å². The standard InChI is InChI=1S/C34H37N3O3/c1-4-39-30-9-10-31-26(15-30)16-32(40-31)33(38)36-35-20-27-11-21(2)37(22(27)3)29-7-5-28(6-8-29)34-17-23-12-24(18-34)14-25(13-23)19-34/h5-11,15-16,20,23-25H,4,12-14,17-19H2,1-3H3,(H,36,38)/b35-20+. The molecule has 0 atom stereocenters. The molecule has 0 radical (unpaired) electrons. The molecule has 4 saturated carbocycles. The number of fused-ring (bicyclic) bond motifs is 1. The molecule has 8 rings (SSSR count). The van der Waals surface area contributed by atoms with Crippen molar-refractivity contribution < 1.29 is 13.9 Å². The van der Waals surface area contributed by atoms with Crippen molar-refractivity contribution in [1.82, 2.24) is 9.99 Å². The monoisotopic (exact) mass is 535 g/mol. The van der Waals surface area contributed by atoms with E-state index in [9.17, 15) is 4.79 Å². The molecule has 2 heterocycles. The maximum absolute atomic E-state index is 12.7. The highest BCUT2D eigenvalue weighted by molar-refractivity contribution is 5.97. The first-order valence-electron chi connectivity index (χ1n) is 14.7. The predicted octanol–water partition coefficient (Wildman–Crippen LogP) is 7.47. The normalized spacial score (nSPS) is 25.2. The fraction of sp³-hybridized carbons (Fsp3) is 0.412. The lowest BCUT2D eigenvalue weighted by atomic mass is 9.48. The molecule has 1 amide bonds. The van der Waals surface area contributed by atoms with Crippen molar-refractivity contribution in [3.8, 4) is 11.4 Å². The number of hydrogen-bond acceptors (Lipinski definition) is 4. The molecule has 1 N–H and O–H groups in total. The Morgan fingerprint density at radius 3 is 2.40 bits per heavy atom. The van der Waals surface area contributed by atoms with Gasteiger partial charge in [0.2, 0.25) is 0 Å². The van der Waals surface area contributed by atoms with E-state index in [-0.39, 0.29) is 11.7 Å². The molecule has 4 aliphatic rings. The van der Waals surface area contributed by atoms with Crippen molar-refractivity contribution in [2.24, 2.45) is 22.9 Å². The minimum Gasteiger partial charge on any atom is -0.494 e. The Balaban J connectivity index is 1.06. The van der Waals surface area contributed by atoms with Crippen LogP contribution >= 0.6 is 0 Å². The third kappa shape index (κ3) is 4.34. The molecule has 0 spiro atoms. The summed E-state index contributed by atoms with van der Waals surface area (Å²) in [5.41, 5.74) is 9.56. The largest absolute Gasteiger partial charge is 0.494 e. The summed E-state index contributed by atoms with van der Waals surface area (Å²) in [6.07, 6.45) is 10.3. The average molecular weight is 536 g/mol. The molecule has 40 heavy (non-hydrogen) atoms. The van der Waals surface area contributed by atoms with Gasteiger partial charge in [0, 0.05) is 28.0 Å². The second-order valence-electron chi connectivity index (χ2n) is 12.3. The van der Waals surface area contributed by atoms with Gasteiger partial charge in [0.05, 0.1) is 12.8 Å². The highest BCUT2D eigenvalue weighted by Crippen LogP contribution is 2.60. The summed E-state index contributed by atoms with van der Waals surface area (Å²) in [5, 5.41) is 5.06. The lowest BCUT2D eigenvalue weighted by molar-refractivity contribution is -0.00518. The number of carbonyl (C=O) groups excluding carboxylic acids is 1. The average Bonchev–Trinajstić information content (AvgIpc) is 3.48. The quantitative estimate of drug-likeness (QED) is 0.197. The zero-order chi connectivity index (χ0) is 27.4. The molecule has 4 aromatic rings. The highest BCUT2D eigenvalue weighted by Gasteiger charge is 2.51. The van der Waals surface area contributed by atoms with Crippen LogP contribution < -0.4 is 10.2 Å². The molecule has 206 valence electrons. The number of furan rings is 1. The third-order valence-corrected chi connectivity index (χ3v) is 9.64. The summed E-state index contributed by atoms with van der Waals surface area (Å²) < 4.78 is 13.5. The minimum absolute atomic E-state index is 0.213. The van der Waals surface area contributed by atoms with E-state index in [1.54, 1.807) is 17.8 Å². The van der Waals surface area contributed by atoms with E-state index >= 15 is 0 Å². The zero-order valence-corrected chi connectivity index (χ0v) is 23.6. The van der Waals surface area contributed by atoms with Crippen LogP contribution in [0.1, 0.15) is 78.5 Å². The van der Waals surface area contributed by atoms with Gasteiger partial charge in [0.15, 0.2) is 5.76 Å². The number of amides is 1. The van der Waals surface area contributed by atoms with Crippen LogP contribution in [0.25, 0.3) is 16.7 Å². The second-order valence-corrected chi connectivity index (χ2v) is 12.3. The van der Waals surface area contributed by atoms with Crippen LogP contribution in [0.5, 0.6) is 5.75 Å². The van der Waals surface area contributed by atoms with Crippen molar-refractivity contribution in [3.05, 3.63) is 82.9 Å². The summed E-state index contributed by atoms with van der Waals surface area (Å²) in [5.74, 6) is 3.41. The van der Waals surface area contributed by atoms with E-state index in [2.05, 4.69) is 59.3 Å². The molecule has 6 nitrogen and oxygen atoms in total. The first-order valence-corrected chi connectivity index (χ1v) is 14.7. The van der Waals surface area contributed by atoms with Gasteiger partial charge in [-0.3, -0.25) is 4.79 Å². The van der Waals surface area contributed by atoms with Gasteiger partial charge in [-0.15, -0.1) is 0 Å². The Labute approximate surface area is 235 Å². The van der Waals surface area contributed by atoms with Gasteiger partial charge in [0.25, 0.3) is 0 Å². The van der Waals surface area contributed by atoms with Crippen LogP contribution in [0.4, 0.5) is 0 Å². The Bertz CT molecular complexity index is 1570. The number of benzene rings is 2. The minimum atomic E-state index is -0.389. The maximum atomic E-state index is 12.7.